The molecule has 1 atom stereocenters. The minimum absolute atomic E-state index is 0.119. The number of hydrogen-bond acceptors (Lipinski definition) is 3. The Hall–Kier alpha value is -1.04. The van der Waals surface area contributed by atoms with Gasteiger partial charge in [0.2, 0.25) is 0 Å². The van der Waals surface area contributed by atoms with Crippen LogP contribution in [0.5, 0.6) is 0 Å². The van der Waals surface area contributed by atoms with Gasteiger partial charge in [0.15, 0.2) is 0 Å². The lowest BCUT2D eigenvalue weighted by atomic mass is 9.80. The first-order valence-corrected chi connectivity index (χ1v) is 6.87. The summed E-state index contributed by atoms with van der Waals surface area (Å²) in [5.74, 6) is -1.02. The lowest BCUT2D eigenvalue weighted by Crippen LogP contribution is -2.38. The van der Waals surface area contributed by atoms with Gasteiger partial charge in [-0.3, -0.25) is 0 Å². The maximum atomic E-state index is 13.8. The number of rotatable bonds is 7. The lowest BCUT2D eigenvalue weighted by Gasteiger charge is -2.28. The summed E-state index contributed by atoms with van der Waals surface area (Å²) >= 11 is 0. The van der Waals surface area contributed by atoms with Crippen molar-refractivity contribution < 1.29 is 18.3 Å². The van der Waals surface area contributed by atoms with Crippen LogP contribution < -0.4 is 5.32 Å². The number of benzene rings is 1. The Kier molecular flexibility index (Phi) is 5.46. The zero-order chi connectivity index (χ0) is 14.4. The molecule has 0 bridgehead atoms. The van der Waals surface area contributed by atoms with E-state index in [1.54, 1.807) is 7.11 Å². The second-order valence-corrected chi connectivity index (χ2v) is 5.38. The summed E-state index contributed by atoms with van der Waals surface area (Å²) in [6, 6.07) is 3.78. The van der Waals surface area contributed by atoms with Crippen molar-refractivity contribution in [3.05, 3.63) is 35.4 Å². The van der Waals surface area contributed by atoms with Crippen LogP contribution in [0.25, 0.3) is 0 Å². The van der Waals surface area contributed by atoms with Gasteiger partial charge in [-0.15, -0.1) is 0 Å². The molecule has 1 heterocycles. The van der Waals surface area contributed by atoms with Crippen LogP contribution >= 0.6 is 0 Å². The second kappa shape index (κ2) is 7.11. The smallest absolute Gasteiger partial charge is 0.129 e. The van der Waals surface area contributed by atoms with E-state index in [2.05, 4.69) is 5.32 Å². The van der Waals surface area contributed by atoms with E-state index < -0.39 is 11.6 Å². The Morgan fingerprint density at radius 2 is 2.25 bits per heavy atom. The highest BCUT2D eigenvalue weighted by Gasteiger charge is 2.35. The summed E-state index contributed by atoms with van der Waals surface area (Å²) in [5.41, 5.74) is 0.428. The molecule has 1 unspecified atom stereocenters. The van der Waals surface area contributed by atoms with Gasteiger partial charge in [-0.25, -0.2) is 8.78 Å². The molecule has 0 amide bonds. The van der Waals surface area contributed by atoms with Crippen LogP contribution in [-0.2, 0) is 15.9 Å². The van der Waals surface area contributed by atoms with E-state index in [-0.39, 0.29) is 5.41 Å². The summed E-state index contributed by atoms with van der Waals surface area (Å²) in [7, 11) is 1.66. The van der Waals surface area contributed by atoms with E-state index in [0.717, 1.165) is 25.6 Å². The molecule has 1 aliphatic heterocycles. The van der Waals surface area contributed by atoms with Crippen LogP contribution in [0.2, 0.25) is 0 Å². The molecule has 0 saturated carbocycles. The first-order valence-electron chi connectivity index (χ1n) is 6.87. The van der Waals surface area contributed by atoms with Crippen molar-refractivity contribution in [3.8, 4) is 0 Å². The monoisotopic (exact) mass is 285 g/mol. The number of ether oxygens (including phenoxy) is 2. The van der Waals surface area contributed by atoms with Crippen LogP contribution in [0.15, 0.2) is 18.2 Å². The largest absolute Gasteiger partial charge is 0.383 e. The maximum Gasteiger partial charge on any atom is 0.129 e. The topological polar surface area (TPSA) is 30.5 Å². The third kappa shape index (κ3) is 3.98. The van der Waals surface area contributed by atoms with Crippen LogP contribution in [0, 0.1) is 17.0 Å². The van der Waals surface area contributed by atoms with Crippen molar-refractivity contribution in [2.24, 2.45) is 5.41 Å². The number of methoxy groups -OCH3 is 1. The Bertz CT molecular complexity index is 434. The molecule has 1 N–H and O–H groups in total. The number of halogens is 2. The second-order valence-electron chi connectivity index (χ2n) is 5.38. The minimum atomic E-state index is -0.541. The molecule has 1 fully saturated rings. The average Bonchev–Trinajstić information content (AvgIpc) is 2.87. The van der Waals surface area contributed by atoms with Crippen molar-refractivity contribution in [2.75, 3.05) is 40.0 Å². The predicted molar refractivity (Wildman–Crippen MR) is 72.7 cm³/mol. The van der Waals surface area contributed by atoms with E-state index in [4.69, 9.17) is 9.47 Å². The highest BCUT2D eigenvalue weighted by atomic mass is 19.1. The summed E-state index contributed by atoms with van der Waals surface area (Å²) in [5, 5.41) is 3.32. The van der Waals surface area contributed by atoms with Crippen molar-refractivity contribution >= 4 is 0 Å². The number of hydrogen-bond donors (Lipinski definition) is 1. The standard InChI is InChI=1S/C15H21F2NO2/c1-19-7-5-18-10-15(4-6-20-11-15)9-12-2-3-13(16)8-14(12)17/h2-3,8,18H,4-7,9-11H2,1H3. The number of nitrogens with one attached hydrogen (secondary N) is 1. The Morgan fingerprint density at radius 3 is 2.90 bits per heavy atom. The Balaban J connectivity index is 2.01. The molecule has 112 valence electrons. The van der Waals surface area contributed by atoms with Crippen molar-refractivity contribution in [2.45, 2.75) is 12.8 Å². The fraction of sp³-hybridized carbons (Fsp3) is 0.600. The van der Waals surface area contributed by atoms with E-state index in [0.29, 0.717) is 31.8 Å². The fourth-order valence-corrected chi connectivity index (χ4v) is 2.59. The van der Waals surface area contributed by atoms with Crippen LogP contribution in [-0.4, -0.2) is 40.0 Å². The fourth-order valence-electron chi connectivity index (χ4n) is 2.59. The van der Waals surface area contributed by atoms with Crippen LogP contribution in [0.3, 0.4) is 0 Å². The van der Waals surface area contributed by atoms with E-state index in [1.807, 2.05) is 0 Å². The molecule has 1 aliphatic rings. The van der Waals surface area contributed by atoms with E-state index >= 15 is 0 Å². The third-order valence-corrected chi connectivity index (χ3v) is 3.75. The summed E-state index contributed by atoms with van der Waals surface area (Å²) in [6.07, 6.45) is 1.43. The minimum Gasteiger partial charge on any atom is -0.383 e. The molecule has 0 radical (unpaired) electrons. The molecule has 0 aromatic heterocycles. The first kappa shape index (κ1) is 15.4. The SMILES string of the molecule is COCCNCC1(Cc2ccc(F)cc2F)CCOC1. The lowest BCUT2D eigenvalue weighted by molar-refractivity contribution is 0.144. The molecule has 20 heavy (non-hydrogen) atoms. The van der Waals surface area contributed by atoms with E-state index in [9.17, 15) is 8.78 Å². The average molecular weight is 285 g/mol. The van der Waals surface area contributed by atoms with Crippen molar-refractivity contribution in [1.82, 2.24) is 5.32 Å². The molecule has 5 heteroatoms. The van der Waals surface area contributed by atoms with Gasteiger partial charge in [-0.05, 0) is 24.5 Å². The van der Waals surface area contributed by atoms with Gasteiger partial charge >= 0.3 is 0 Å². The van der Waals surface area contributed by atoms with Gasteiger partial charge in [0.05, 0.1) is 13.2 Å². The maximum absolute atomic E-state index is 13.8. The molecule has 1 aromatic rings. The summed E-state index contributed by atoms with van der Waals surface area (Å²) in [4.78, 5) is 0. The van der Waals surface area contributed by atoms with Gasteiger partial charge in [0.25, 0.3) is 0 Å². The zero-order valence-corrected chi connectivity index (χ0v) is 11.8. The molecular weight excluding hydrogens is 264 g/mol. The Morgan fingerprint density at radius 1 is 1.40 bits per heavy atom. The van der Waals surface area contributed by atoms with Gasteiger partial charge in [0, 0.05) is 38.3 Å². The molecule has 1 saturated heterocycles. The van der Waals surface area contributed by atoms with Gasteiger partial charge in [0.1, 0.15) is 11.6 Å². The zero-order valence-electron chi connectivity index (χ0n) is 11.8. The first-order chi connectivity index (χ1) is 9.65. The third-order valence-electron chi connectivity index (χ3n) is 3.75. The van der Waals surface area contributed by atoms with Gasteiger partial charge in [-0.2, -0.15) is 0 Å². The summed E-state index contributed by atoms with van der Waals surface area (Å²) in [6.45, 7) is 3.43. The van der Waals surface area contributed by atoms with Gasteiger partial charge in [-0.1, -0.05) is 6.07 Å². The molecule has 1 aromatic carbocycles. The molecule has 0 aliphatic carbocycles. The van der Waals surface area contributed by atoms with Crippen molar-refractivity contribution in [1.29, 1.82) is 0 Å². The molecular formula is C15H21F2NO2. The summed E-state index contributed by atoms with van der Waals surface area (Å²) < 4.78 is 37.2. The van der Waals surface area contributed by atoms with Crippen molar-refractivity contribution in [3.63, 3.8) is 0 Å². The highest BCUT2D eigenvalue weighted by Crippen LogP contribution is 2.33. The predicted octanol–water partition coefficient (Wildman–Crippen LogP) is 2.15. The Labute approximate surface area is 118 Å². The normalized spacial score (nSPS) is 22.4. The van der Waals surface area contributed by atoms with E-state index in [1.165, 1.54) is 12.1 Å². The van der Waals surface area contributed by atoms with Crippen LogP contribution in [0.1, 0.15) is 12.0 Å². The highest BCUT2D eigenvalue weighted by molar-refractivity contribution is 5.20. The van der Waals surface area contributed by atoms with Gasteiger partial charge < -0.3 is 14.8 Å². The molecule has 0 spiro atoms. The molecule has 3 nitrogen and oxygen atoms in total. The molecule has 2 rings (SSSR count). The van der Waals surface area contributed by atoms with Crippen LogP contribution in [0.4, 0.5) is 8.78 Å². The quantitative estimate of drug-likeness (QED) is 0.779.